The minimum absolute atomic E-state index is 0.0965. The van der Waals surface area contributed by atoms with E-state index in [1.807, 2.05) is 13.8 Å². The molecule has 2 heterocycles. The number of aromatic nitrogens is 1. The second-order valence-corrected chi connectivity index (χ2v) is 8.39. The standard InChI is InChI=1S/C14H22N2O4S/c1-10(2)9-21(18,19)12-5-4-6-16(8-12)14(17)13-7-11(3)20-15-13/h7,10,12H,4-6,8-9H2,1-3H3/t12-/m0/s1. The van der Waals surface area contributed by atoms with Gasteiger partial charge in [0.25, 0.3) is 5.91 Å². The Hall–Kier alpha value is -1.37. The van der Waals surface area contributed by atoms with Crippen LogP contribution >= 0.6 is 0 Å². The van der Waals surface area contributed by atoms with E-state index in [9.17, 15) is 13.2 Å². The monoisotopic (exact) mass is 314 g/mol. The molecule has 0 unspecified atom stereocenters. The maximum atomic E-state index is 12.3. The molecule has 0 saturated carbocycles. The third kappa shape index (κ3) is 3.84. The molecule has 1 aliphatic heterocycles. The summed E-state index contributed by atoms with van der Waals surface area (Å²) in [5, 5.41) is 3.24. The maximum Gasteiger partial charge on any atom is 0.276 e. The summed E-state index contributed by atoms with van der Waals surface area (Å²) < 4.78 is 29.6. The predicted molar refractivity (Wildman–Crippen MR) is 78.8 cm³/mol. The van der Waals surface area contributed by atoms with E-state index >= 15 is 0 Å². The molecule has 1 atom stereocenters. The fourth-order valence-electron chi connectivity index (χ4n) is 2.65. The van der Waals surface area contributed by atoms with Gasteiger partial charge in [0.1, 0.15) is 5.76 Å². The van der Waals surface area contributed by atoms with Crippen LogP contribution < -0.4 is 0 Å². The lowest BCUT2D eigenvalue weighted by Gasteiger charge is -2.32. The van der Waals surface area contributed by atoms with E-state index in [2.05, 4.69) is 5.16 Å². The number of rotatable bonds is 4. The average molecular weight is 314 g/mol. The number of hydrogen-bond acceptors (Lipinski definition) is 5. The first kappa shape index (κ1) is 16.0. The molecule has 0 radical (unpaired) electrons. The van der Waals surface area contributed by atoms with E-state index in [0.29, 0.717) is 25.1 Å². The highest BCUT2D eigenvalue weighted by atomic mass is 32.2. The zero-order valence-corrected chi connectivity index (χ0v) is 13.5. The Bertz CT molecular complexity index is 606. The van der Waals surface area contributed by atoms with Gasteiger partial charge in [-0.1, -0.05) is 19.0 Å². The number of piperidine rings is 1. The van der Waals surface area contributed by atoms with E-state index in [0.717, 1.165) is 0 Å². The normalized spacial score (nSPS) is 20.0. The molecule has 1 fully saturated rings. The van der Waals surface area contributed by atoms with Crippen LogP contribution in [0.3, 0.4) is 0 Å². The molecule has 7 heteroatoms. The number of hydrogen-bond donors (Lipinski definition) is 0. The van der Waals surface area contributed by atoms with Crippen molar-refractivity contribution < 1.29 is 17.7 Å². The molecule has 0 aromatic carbocycles. The first-order valence-corrected chi connectivity index (χ1v) is 8.95. The van der Waals surface area contributed by atoms with Crippen molar-refractivity contribution in [1.82, 2.24) is 10.1 Å². The van der Waals surface area contributed by atoms with Gasteiger partial charge in [-0.3, -0.25) is 4.79 Å². The van der Waals surface area contributed by atoms with Crippen LogP contribution in [0.2, 0.25) is 0 Å². The van der Waals surface area contributed by atoms with Gasteiger partial charge in [-0.15, -0.1) is 0 Å². The Labute approximate surface area is 125 Å². The molecular formula is C14H22N2O4S. The largest absolute Gasteiger partial charge is 0.361 e. The summed E-state index contributed by atoms with van der Waals surface area (Å²) in [6.07, 6.45) is 1.32. The van der Waals surface area contributed by atoms with Gasteiger partial charge in [0.15, 0.2) is 15.5 Å². The van der Waals surface area contributed by atoms with E-state index in [-0.39, 0.29) is 29.8 Å². The lowest BCUT2D eigenvalue weighted by atomic mass is 10.1. The number of aryl methyl sites for hydroxylation is 1. The van der Waals surface area contributed by atoms with Crippen LogP contribution in [0.25, 0.3) is 0 Å². The summed E-state index contributed by atoms with van der Waals surface area (Å²) in [5.74, 6) is 0.581. The van der Waals surface area contributed by atoms with Crippen molar-refractivity contribution in [3.8, 4) is 0 Å². The molecule has 118 valence electrons. The topological polar surface area (TPSA) is 80.5 Å². The van der Waals surface area contributed by atoms with E-state index in [1.165, 1.54) is 0 Å². The lowest BCUT2D eigenvalue weighted by Crippen LogP contribution is -2.46. The van der Waals surface area contributed by atoms with Gasteiger partial charge in [-0.2, -0.15) is 0 Å². The Kier molecular flexibility index (Phi) is 4.70. The Morgan fingerprint density at radius 1 is 1.52 bits per heavy atom. The second kappa shape index (κ2) is 6.17. The highest BCUT2D eigenvalue weighted by Gasteiger charge is 2.33. The van der Waals surface area contributed by atoms with Gasteiger partial charge in [-0.05, 0) is 25.7 Å². The van der Waals surface area contributed by atoms with Gasteiger partial charge in [0, 0.05) is 19.2 Å². The molecule has 0 aliphatic carbocycles. The maximum absolute atomic E-state index is 12.3. The smallest absolute Gasteiger partial charge is 0.276 e. The summed E-state index contributed by atoms with van der Waals surface area (Å²) in [4.78, 5) is 13.9. The molecule has 21 heavy (non-hydrogen) atoms. The number of carbonyl (C=O) groups is 1. The Morgan fingerprint density at radius 2 is 2.24 bits per heavy atom. The molecule has 0 N–H and O–H groups in total. The lowest BCUT2D eigenvalue weighted by molar-refractivity contribution is 0.0716. The number of nitrogens with zero attached hydrogens (tertiary/aromatic N) is 2. The van der Waals surface area contributed by atoms with E-state index < -0.39 is 15.1 Å². The van der Waals surface area contributed by atoms with Gasteiger partial charge < -0.3 is 9.42 Å². The van der Waals surface area contributed by atoms with Gasteiger partial charge >= 0.3 is 0 Å². The van der Waals surface area contributed by atoms with Crippen molar-refractivity contribution in [2.45, 2.75) is 38.9 Å². The van der Waals surface area contributed by atoms with Crippen molar-refractivity contribution in [2.75, 3.05) is 18.8 Å². The zero-order valence-electron chi connectivity index (χ0n) is 12.7. The van der Waals surface area contributed by atoms with Crippen LogP contribution in [0.1, 0.15) is 42.9 Å². The average Bonchev–Trinajstić information content (AvgIpc) is 2.83. The number of carbonyl (C=O) groups excluding carboxylic acids is 1. The molecule has 1 aromatic rings. The third-order valence-electron chi connectivity index (χ3n) is 3.59. The second-order valence-electron chi connectivity index (χ2n) is 6.06. The first-order chi connectivity index (χ1) is 9.79. The summed E-state index contributed by atoms with van der Waals surface area (Å²) in [5.41, 5.74) is 0.245. The van der Waals surface area contributed by atoms with Crippen LogP contribution in [-0.4, -0.2) is 48.5 Å². The molecule has 6 nitrogen and oxygen atoms in total. The van der Waals surface area contributed by atoms with Crippen molar-refractivity contribution in [3.05, 3.63) is 17.5 Å². The number of sulfone groups is 1. The molecule has 0 spiro atoms. The van der Waals surface area contributed by atoms with Gasteiger partial charge in [-0.25, -0.2) is 8.42 Å². The highest BCUT2D eigenvalue weighted by Crippen LogP contribution is 2.21. The molecule has 2 rings (SSSR count). The van der Waals surface area contributed by atoms with Crippen LogP contribution in [0.15, 0.2) is 10.6 Å². The van der Waals surface area contributed by atoms with Gasteiger partial charge in [0.2, 0.25) is 0 Å². The van der Waals surface area contributed by atoms with Crippen molar-refractivity contribution in [3.63, 3.8) is 0 Å². The molecule has 1 amide bonds. The molecular weight excluding hydrogens is 292 g/mol. The first-order valence-electron chi connectivity index (χ1n) is 7.23. The van der Waals surface area contributed by atoms with Crippen LogP contribution in [0, 0.1) is 12.8 Å². The fourth-order valence-corrected chi connectivity index (χ4v) is 4.78. The third-order valence-corrected chi connectivity index (χ3v) is 6.12. The summed E-state index contributed by atoms with van der Waals surface area (Å²) in [6.45, 7) is 6.32. The SMILES string of the molecule is Cc1cc(C(=O)N2CCC[C@H](S(=O)(=O)CC(C)C)C2)no1. The summed E-state index contributed by atoms with van der Waals surface area (Å²) >= 11 is 0. The Balaban J connectivity index is 2.09. The van der Waals surface area contributed by atoms with Gasteiger partial charge in [0.05, 0.1) is 11.0 Å². The number of likely N-dealkylation sites (tertiary alicyclic amines) is 1. The minimum atomic E-state index is -3.16. The quantitative estimate of drug-likeness (QED) is 0.844. The van der Waals surface area contributed by atoms with E-state index in [4.69, 9.17) is 4.52 Å². The zero-order chi connectivity index (χ0) is 15.6. The molecule has 1 aliphatic rings. The summed E-state index contributed by atoms with van der Waals surface area (Å²) in [6, 6.07) is 1.58. The van der Waals surface area contributed by atoms with Crippen LogP contribution in [-0.2, 0) is 9.84 Å². The fraction of sp³-hybridized carbons (Fsp3) is 0.714. The summed E-state index contributed by atoms with van der Waals surface area (Å²) in [7, 11) is -3.16. The highest BCUT2D eigenvalue weighted by molar-refractivity contribution is 7.92. The molecule has 1 aromatic heterocycles. The van der Waals surface area contributed by atoms with E-state index in [1.54, 1.807) is 17.9 Å². The molecule has 0 bridgehead atoms. The Morgan fingerprint density at radius 3 is 2.81 bits per heavy atom. The number of amides is 1. The minimum Gasteiger partial charge on any atom is -0.361 e. The van der Waals surface area contributed by atoms with Crippen molar-refractivity contribution >= 4 is 15.7 Å². The molecule has 1 saturated heterocycles. The predicted octanol–water partition coefficient (Wildman–Crippen LogP) is 1.66. The van der Waals surface area contributed by atoms with Crippen molar-refractivity contribution in [2.24, 2.45) is 5.92 Å². The van der Waals surface area contributed by atoms with Crippen LogP contribution in [0.5, 0.6) is 0 Å². The van der Waals surface area contributed by atoms with Crippen LogP contribution in [0.4, 0.5) is 0 Å². The van der Waals surface area contributed by atoms with Crippen molar-refractivity contribution in [1.29, 1.82) is 0 Å².